The highest BCUT2D eigenvalue weighted by Gasteiger charge is 2.23. The lowest BCUT2D eigenvalue weighted by Crippen LogP contribution is -2.33. The first-order valence-electron chi connectivity index (χ1n) is 7.97. The van der Waals surface area contributed by atoms with Crippen molar-refractivity contribution in [2.24, 2.45) is 5.73 Å². The Morgan fingerprint density at radius 2 is 2.00 bits per heavy atom. The van der Waals surface area contributed by atoms with Crippen LogP contribution in [0, 0.1) is 0 Å². The van der Waals surface area contributed by atoms with Crippen molar-refractivity contribution in [1.29, 1.82) is 0 Å². The van der Waals surface area contributed by atoms with Crippen molar-refractivity contribution in [3.05, 3.63) is 28.8 Å². The van der Waals surface area contributed by atoms with Gasteiger partial charge in [0.05, 0.1) is 7.11 Å². The summed E-state index contributed by atoms with van der Waals surface area (Å²) in [5.74, 6) is 0.854. The fourth-order valence-corrected chi connectivity index (χ4v) is 3.19. The normalized spacial score (nSPS) is 17.0. The Balaban J connectivity index is 2.11. The molecular formula is C17H25ClN2O2. The number of hydrogen-bond donors (Lipinski definition) is 1. The summed E-state index contributed by atoms with van der Waals surface area (Å²) in [5, 5.41) is 0.636. The summed E-state index contributed by atoms with van der Waals surface area (Å²) in [6.45, 7) is 2.13. The summed E-state index contributed by atoms with van der Waals surface area (Å²) in [7, 11) is 1.62. The zero-order valence-electron chi connectivity index (χ0n) is 13.2. The molecule has 1 saturated heterocycles. The Hall–Kier alpha value is -1.26. The molecule has 122 valence electrons. The minimum absolute atomic E-state index is 0.0654. The third-order valence-corrected chi connectivity index (χ3v) is 4.53. The van der Waals surface area contributed by atoms with Crippen LogP contribution < -0.4 is 10.5 Å². The van der Waals surface area contributed by atoms with Gasteiger partial charge >= 0.3 is 0 Å². The molecule has 1 fully saturated rings. The van der Waals surface area contributed by atoms with Crippen molar-refractivity contribution in [3.8, 4) is 5.75 Å². The van der Waals surface area contributed by atoms with Gasteiger partial charge in [0.25, 0.3) is 0 Å². The number of carbonyl (C=O) groups is 1. The Labute approximate surface area is 137 Å². The highest BCUT2D eigenvalue weighted by Crippen LogP contribution is 2.31. The average Bonchev–Trinajstić information content (AvgIpc) is 2.81. The van der Waals surface area contributed by atoms with Gasteiger partial charge in [0.15, 0.2) is 0 Å². The van der Waals surface area contributed by atoms with Gasteiger partial charge in [-0.05, 0) is 37.6 Å². The zero-order chi connectivity index (χ0) is 15.9. The summed E-state index contributed by atoms with van der Waals surface area (Å²) in [6, 6.07) is 5.47. The zero-order valence-corrected chi connectivity index (χ0v) is 13.9. The van der Waals surface area contributed by atoms with Gasteiger partial charge in [-0.15, -0.1) is 0 Å². The van der Waals surface area contributed by atoms with Crippen molar-refractivity contribution < 1.29 is 9.53 Å². The Kier molecular flexibility index (Phi) is 6.52. The van der Waals surface area contributed by atoms with Crippen molar-refractivity contribution >= 4 is 17.5 Å². The summed E-state index contributed by atoms with van der Waals surface area (Å²) < 4.78 is 5.39. The number of amides is 1. The van der Waals surface area contributed by atoms with Crippen LogP contribution in [-0.4, -0.2) is 37.6 Å². The van der Waals surface area contributed by atoms with Crippen LogP contribution in [0.5, 0.6) is 5.75 Å². The summed E-state index contributed by atoms with van der Waals surface area (Å²) in [6.07, 6.45) is 5.03. The predicted molar refractivity (Wildman–Crippen MR) is 89.5 cm³/mol. The van der Waals surface area contributed by atoms with Crippen molar-refractivity contribution in [3.63, 3.8) is 0 Å². The molecule has 0 saturated carbocycles. The van der Waals surface area contributed by atoms with Crippen LogP contribution in [0.4, 0.5) is 0 Å². The molecule has 0 bridgehead atoms. The number of methoxy groups -OCH3 is 1. The molecule has 1 atom stereocenters. The first-order valence-corrected chi connectivity index (χ1v) is 8.34. The molecular weight excluding hydrogens is 300 g/mol. The van der Waals surface area contributed by atoms with Crippen molar-refractivity contribution in [2.45, 2.75) is 38.0 Å². The van der Waals surface area contributed by atoms with E-state index in [2.05, 4.69) is 0 Å². The fraction of sp³-hybridized carbons (Fsp3) is 0.588. The average molecular weight is 325 g/mol. The number of likely N-dealkylation sites (tertiary alicyclic amines) is 1. The molecule has 22 heavy (non-hydrogen) atoms. The number of rotatable bonds is 5. The van der Waals surface area contributed by atoms with Gasteiger partial charge < -0.3 is 15.4 Å². The van der Waals surface area contributed by atoms with Crippen LogP contribution in [0.2, 0.25) is 5.02 Å². The molecule has 2 N–H and O–H groups in total. The van der Waals surface area contributed by atoms with E-state index in [9.17, 15) is 4.79 Å². The lowest BCUT2D eigenvalue weighted by molar-refractivity contribution is -0.131. The molecule has 1 aliphatic heterocycles. The molecule has 4 nitrogen and oxygen atoms in total. The lowest BCUT2D eigenvalue weighted by atomic mass is 9.94. The van der Waals surface area contributed by atoms with Gasteiger partial charge in [-0.25, -0.2) is 0 Å². The molecule has 1 amide bonds. The summed E-state index contributed by atoms with van der Waals surface area (Å²) >= 11 is 6.09. The first kappa shape index (κ1) is 17.1. The monoisotopic (exact) mass is 324 g/mol. The molecule has 0 radical (unpaired) electrons. The van der Waals surface area contributed by atoms with Crippen molar-refractivity contribution in [2.75, 3.05) is 26.7 Å². The van der Waals surface area contributed by atoms with E-state index in [1.54, 1.807) is 13.2 Å². The second kappa shape index (κ2) is 8.39. The maximum absolute atomic E-state index is 12.6. The first-order chi connectivity index (χ1) is 10.7. The highest BCUT2D eigenvalue weighted by molar-refractivity contribution is 6.30. The third kappa shape index (κ3) is 4.37. The minimum atomic E-state index is -0.0654. The minimum Gasteiger partial charge on any atom is -0.496 e. The number of ether oxygens (including phenoxy) is 1. The van der Waals surface area contributed by atoms with E-state index in [4.69, 9.17) is 22.1 Å². The smallest absolute Gasteiger partial charge is 0.223 e. The van der Waals surface area contributed by atoms with E-state index < -0.39 is 0 Å². The Morgan fingerprint density at radius 3 is 2.59 bits per heavy atom. The Bertz CT molecular complexity index is 499. The second-order valence-corrected chi connectivity index (χ2v) is 6.25. The number of carbonyl (C=O) groups excluding carboxylic acids is 1. The summed E-state index contributed by atoms with van der Waals surface area (Å²) in [4.78, 5) is 14.6. The van der Waals surface area contributed by atoms with E-state index in [1.807, 2.05) is 17.0 Å². The third-order valence-electron chi connectivity index (χ3n) is 4.30. The van der Waals surface area contributed by atoms with E-state index in [1.165, 1.54) is 12.8 Å². The molecule has 1 heterocycles. The lowest BCUT2D eigenvalue weighted by Gasteiger charge is -2.24. The van der Waals surface area contributed by atoms with Gasteiger partial charge in [-0.3, -0.25) is 4.79 Å². The van der Waals surface area contributed by atoms with Gasteiger partial charge in [0, 0.05) is 36.0 Å². The topological polar surface area (TPSA) is 55.6 Å². The van der Waals surface area contributed by atoms with Crippen LogP contribution in [0.1, 0.15) is 43.6 Å². The largest absolute Gasteiger partial charge is 0.496 e. The second-order valence-electron chi connectivity index (χ2n) is 5.82. The number of nitrogens with two attached hydrogens (primary N) is 1. The van der Waals surface area contributed by atoms with Gasteiger partial charge in [0.2, 0.25) is 5.91 Å². The van der Waals surface area contributed by atoms with E-state index in [0.29, 0.717) is 18.0 Å². The number of hydrogen-bond acceptors (Lipinski definition) is 3. The molecule has 5 heteroatoms. The fourth-order valence-electron chi connectivity index (χ4n) is 3.00. The van der Waals surface area contributed by atoms with Crippen LogP contribution in [0.3, 0.4) is 0 Å². The molecule has 1 unspecified atom stereocenters. The maximum Gasteiger partial charge on any atom is 0.223 e. The highest BCUT2D eigenvalue weighted by atomic mass is 35.5. The molecule has 0 aliphatic carbocycles. The van der Waals surface area contributed by atoms with Gasteiger partial charge in [-0.1, -0.05) is 24.4 Å². The van der Waals surface area contributed by atoms with E-state index in [-0.39, 0.29) is 11.8 Å². The number of halogens is 1. The number of nitrogens with zero attached hydrogens (tertiary/aromatic N) is 1. The maximum atomic E-state index is 12.6. The van der Waals surface area contributed by atoms with E-state index in [0.717, 1.165) is 37.2 Å². The molecule has 0 spiro atoms. The van der Waals surface area contributed by atoms with E-state index >= 15 is 0 Å². The van der Waals surface area contributed by atoms with Crippen LogP contribution in [-0.2, 0) is 4.79 Å². The summed E-state index contributed by atoms with van der Waals surface area (Å²) in [5.41, 5.74) is 6.84. The molecule has 1 aromatic rings. The van der Waals surface area contributed by atoms with Crippen molar-refractivity contribution in [1.82, 2.24) is 4.90 Å². The Morgan fingerprint density at radius 1 is 1.32 bits per heavy atom. The molecule has 1 aliphatic rings. The van der Waals surface area contributed by atoms with Gasteiger partial charge in [-0.2, -0.15) is 0 Å². The predicted octanol–water partition coefficient (Wildman–Crippen LogP) is 3.18. The quantitative estimate of drug-likeness (QED) is 0.905. The van der Waals surface area contributed by atoms with Gasteiger partial charge in [0.1, 0.15) is 5.75 Å². The molecule has 0 aromatic heterocycles. The molecule has 1 aromatic carbocycles. The number of benzene rings is 1. The molecule has 2 rings (SSSR count). The van der Waals surface area contributed by atoms with Crippen LogP contribution in [0.15, 0.2) is 18.2 Å². The van der Waals surface area contributed by atoms with Crippen LogP contribution >= 0.6 is 11.6 Å². The standard InChI is InChI=1S/C17H25ClN2O2/c1-22-16-7-6-14(18)11-15(16)13(12-19)10-17(21)20-8-4-2-3-5-9-20/h6-7,11,13H,2-5,8-10,12,19H2,1H3. The van der Waals surface area contributed by atoms with Crippen LogP contribution in [0.25, 0.3) is 0 Å². The SMILES string of the molecule is COc1ccc(Cl)cc1C(CN)CC(=O)N1CCCCCC1.